The molecule has 1 amide bonds. The summed E-state index contributed by atoms with van der Waals surface area (Å²) in [7, 11) is 0. The van der Waals surface area contributed by atoms with E-state index in [4.69, 9.17) is 0 Å². The van der Waals surface area contributed by atoms with Crippen molar-refractivity contribution >= 4 is 16.9 Å². The van der Waals surface area contributed by atoms with Gasteiger partial charge in [-0.15, -0.1) is 0 Å². The van der Waals surface area contributed by atoms with Crippen molar-refractivity contribution in [3.05, 3.63) is 80.4 Å². The van der Waals surface area contributed by atoms with Crippen LogP contribution in [0.25, 0.3) is 11.0 Å². The molecule has 0 aliphatic carbocycles. The molecule has 0 atom stereocenters. The number of H-pyrrole nitrogens is 1. The van der Waals surface area contributed by atoms with E-state index < -0.39 is 22.8 Å². The Morgan fingerprint density at radius 1 is 1.04 bits per heavy atom. The van der Waals surface area contributed by atoms with Crippen molar-refractivity contribution in [2.75, 3.05) is 6.54 Å². The molecule has 8 heteroatoms. The third-order valence-corrected chi connectivity index (χ3v) is 3.89. The van der Waals surface area contributed by atoms with Crippen LogP contribution in [0.5, 0.6) is 0 Å². The lowest BCUT2D eigenvalue weighted by atomic mass is 10.1. The van der Waals surface area contributed by atoms with Gasteiger partial charge in [-0.25, -0.2) is 8.78 Å². The Labute approximate surface area is 146 Å². The molecule has 0 saturated heterocycles. The highest BCUT2D eigenvalue weighted by Crippen LogP contribution is 2.10. The van der Waals surface area contributed by atoms with Crippen LogP contribution in [0.2, 0.25) is 0 Å². The largest absolute Gasteiger partial charge is 0.354 e. The lowest BCUT2D eigenvalue weighted by molar-refractivity contribution is -0.121. The Morgan fingerprint density at radius 2 is 1.73 bits per heavy atom. The van der Waals surface area contributed by atoms with Gasteiger partial charge in [0.05, 0.1) is 11.0 Å². The number of aromatic amines is 1. The van der Waals surface area contributed by atoms with E-state index in [0.29, 0.717) is 6.42 Å². The predicted octanol–water partition coefficient (Wildman–Crippen LogP) is 1.33. The third kappa shape index (κ3) is 3.85. The van der Waals surface area contributed by atoms with E-state index >= 15 is 0 Å². The molecule has 0 saturated carbocycles. The van der Waals surface area contributed by atoms with Gasteiger partial charge in [-0.1, -0.05) is 12.1 Å². The van der Waals surface area contributed by atoms with Crippen molar-refractivity contribution in [2.24, 2.45) is 0 Å². The Morgan fingerprint density at radius 3 is 2.46 bits per heavy atom. The van der Waals surface area contributed by atoms with Gasteiger partial charge in [0.15, 0.2) is 0 Å². The number of hydrogen-bond donors (Lipinski definition) is 2. The van der Waals surface area contributed by atoms with Crippen molar-refractivity contribution < 1.29 is 13.6 Å². The van der Waals surface area contributed by atoms with Gasteiger partial charge < -0.3 is 10.3 Å². The Hall–Kier alpha value is -3.29. The number of hydrogen-bond acceptors (Lipinski definition) is 3. The zero-order valence-corrected chi connectivity index (χ0v) is 13.6. The fourth-order valence-electron chi connectivity index (χ4n) is 2.61. The first-order chi connectivity index (χ1) is 12.4. The normalized spacial score (nSPS) is 10.8. The predicted molar refractivity (Wildman–Crippen MR) is 91.9 cm³/mol. The molecule has 134 valence electrons. The van der Waals surface area contributed by atoms with Crippen LogP contribution in [-0.4, -0.2) is 22.0 Å². The average molecular weight is 359 g/mol. The van der Waals surface area contributed by atoms with Crippen LogP contribution < -0.4 is 16.4 Å². The van der Waals surface area contributed by atoms with Crippen LogP contribution >= 0.6 is 0 Å². The summed E-state index contributed by atoms with van der Waals surface area (Å²) in [5, 5.41) is 2.64. The summed E-state index contributed by atoms with van der Waals surface area (Å²) in [5.74, 6) is -1.37. The number of amides is 1. The lowest BCUT2D eigenvalue weighted by Crippen LogP contribution is -2.40. The first kappa shape index (κ1) is 17.5. The van der Waals surface area contributed by atoms with Crippen molar-refractivity contribution in [3.8, 4) is 0 Å². The second kappa shape index (κ2) is 7.30. The summed E-state index contributed by atoms with van der Waals surface area (Å²) < 4.78 is 27.2. The molecular formula is C18H15F2N3O3. The number of nitrogens with one attached hydrogen (secondary N) is 2. The maximum Gasteiger partial charge on any atom is 0.317 e. The summed E-state index contributed by atoms with van der Waals surface area (Å²) in [6.45, 7) is -0.0801. The van der Waals surface area contributed by atoms with Crippen LogP contribution in [0, 0.1) is 11.6 Å². The van der Waals surface area contributed by atoms with Gasteiger partial charge in [-0.05, 0) is 42.3 Å². The van der Waals surface area contributed by atoms with Crippen LogP contribution in [0.3, 0.4) is 0 Å². The smallest absolute Gasteiger partial charge is 0.317 e. The Bertz CT molecular complexity index is 1070. The first-order valence-electron chi connectivity index (χ1n) is 7.87. The molecule has 2 aromatic carbocycles. The Balaban J connectivity index is 1.73. The quantitative estimate of drug-likeness (QED) is 0.674. The number of aromatic nitrogens is 2. The van der Waals surface area contributed by atoms with E-state index in [1.807, 2.05) is 0 Å². The van der Waals surface area contributed by atoms with E-state index in [2.05, 4.69) is 10.3 Å². The molecule has 0 radical (unpaired) electrons. The number of rotatable bonds is 5. The standard InChI is InChI=1S/C18H15F2N3O3/c19-12-3-1-11(2-4-12)7-8-21-16(24)10-23-15-6-5-13(20)9-14(15)22-17(25)18(23)26/h1-6,9H,7-8,10H2,(H,21,24)(H,22,25). The molecule has 0 aliphatic heterocycles. The topological polar surface area (TPSA) is 84.0 Å². The molecular weight excluding hydrogens is 344 g/mol. The molecule has 3 aromatic rings. The molecule has 0 spiro atoms. The monoisotopic (exact) mass is 359 g/mol. The van der Waals surface area contributed by atoms with Crippen LogP contribution in [0.1, 0.15) is 5.56 Å². The number of benzene rings is 2. The number of fused-ring (bicyclic) bond motifs is 1. The number of nitrogens with zero attached hydrogens (tertiary/aromatic N) is 1. The van der Waals surface area contributed by atoms with Gasteiger partial charge in [0.2, 0.25) is 5.91 Å². The van der Waals surface area contributed by atoms with E-state index in [1.165, 1.54) is 18.2 Å². The van der Waals surface area contributed by atoms with Crippen molar-refractivity contribution in [1.82, 2.24) is 14.9 Å². The molecule has 0 unspecified atom stereocenters. The zero-order valence-electron chi connectivity index (χ0n) is 13.6. The fourth-order valence-corrected chi connectivity index (χ4v) is 2.61. The maximum atomic E-state index is 13.3. The molecule has 26 heavy (non-hydrogen) atoms. The van der Waals surface area contributed by atoms with E-state index in [-0.39, 0.29) is 29.9 Å². The van der Waals surface area contributed by atoms with Crippen molar-refractivity contribution in [2.45, 2.75) is 13.0 Å². The van der Waals surface area contributed by atoms with E-state index in [0.717, 1.165) is 22.3 Å². The third-order valence-electron chi connectivity index (χ3n) is 3.89. The average Bonchev–Trinajstić information content (AvgIpc) is 2.60. The van der Waals surface area contributed by atoms with Crippen LogP contribution in [0.4, 0.5) is 8.78 Å². The molecule has 0 bridgehead atoms. The van der Waals surface area contributed by atoms with Gasteiger partial charge in [0, 0.05) is 6.54 Å². The highest BCUT2D eigenvalue weighted by atomic mass is 19.1. The van der Waals surface area contributed by atoms with Crippen molar-refractivity contribution in [1.29, 1.82) is 0 Å². The lowest BCUT2D eigenvalue weighted by Gasteiger charge is -2.10. The Kier molecular flexibility index (Phi) is 4.92. The molecule has 0 fully saturated rings. The summed E-state index contributed by atoms with van der Waals surface area (Å²) in [4.78, 5) is 38.1. The van der Waals surface area contributed by atoms with Gasteiger partial charge in [0.25, 0.3) is 0 Å². The maximum absolute atomic E-state index is 13.3. The van der Waals surface area contributed by atoms with Gasteiger partial charge in [-0.2, -0.15) is 0 Å². The fraction of sp³-hybridized carbons (Fsp3) is 0.167. The summed E-state index contributed by atoms with van der Waals surface area (Å²) in [5.41, 5.74) is -0.584. The minimum Gasteiger partial charge on any atom is -0.354 e. The highest BCUT2D eigenvalue weighted by Gasteiger charge is 2.11. The molecule has 0 aliphatic rings. The minimum absolute atomic E-state index is 0.133. The number of carbonyl (C=O) groups is 1. The molecule has 2 N–H and O–H groups in total. The molecule has 6 nitrogen and oxygen atoms in total. The first-order valence-corrected chi connectivity index (χ1v) is 7.87. The van der Waals surface area contributed by atoms with E-state index in [1.54, 1.807) is 12.1 Å². The van der Waals surface area contributed by atoms with Gasteiger partial charge >= 0.3 is 11.1 Å². The summed E-state index contributed by atoms with van der Waals surface area (Å²) in [6, 6.07) is 9.45. The zero-order chi connectivity index (χ0) is 18.7. The summed E-state index contributed by atoms with van der Waals surface area (Å²) >= 11 is 0. The molecule has 1 aromatic heterocycles. The van der Waals surface area contributed by atoms with Gasteiger partial charge in [0.1, 0.15) is 18.2 Å². The van der Waals surface area contributed by atoms with Crippen molar-refractivity contribution in [3.63, 3.8) is 0 Å². The number of halogens is 2. The second-order valence-corrected chi connectivity index (χ2v) is 5.73. The van der Waals surface area contributed by atoms with Crippen LogP contribution in [0.15, 0.2) is 52.1 Å². The highest BCUT2D eigenvalue weighted by molar-refractivity contribution is 5.80. The van der Waals surface area contributed by atoms with E-state index in [9.17, 15) is 23.2 Å². The molecule has 3 rings (SSSR count). The SMILES string of the molecule is O=C(Cn1c(=O)c(=O)[nH]c2cc(F)ccc21)NCCc1ccc(F)cc1. The van der Waals surface area contributed by atoms with Gasteiger partial charge in [-0.3, -0.25) is 19.0 Å². The minimum atomic E-state index is -0.929. The summed E-state index contributed by atoms with van der Waals surface area (Å²) in [6.07, 6.45) is 0.488. The van der Waals surface area contributed by atoms with Crippen LogP contribution in [-0.2, 0) is 17.8 Å². The number of carbonyl (C=O) groups excluding carboxylic acids is 1. The molecule has 1 heterocycles. The second-order valence-electron chi connectivity index (χ2n) is 5.73.